The van der Waals surface area contributed by atoms with Crippen LogP contribution in [0.3, 0.4) is 0 Å². The number of nitrogens with zero attached hydrogens (tertiary/aromatic N) is 1. The van der Waals surface area contributed by atoms with Crippen LogP contribution in [-0.4, -0.2) is 13.4 Å². The molecule has 2 aromatic heterocycles. The number of hydrogen-bond acceptors (Lipinski definition) is 5. The van der Waals surface area contributed by atoms with Crippen LogP contribution >= 0.6 is 11.3 Å². The zero-order valence-corrected chi connectivity index (χ0v) is 13.4. The van der Waals surface area contributed by atoms with Crippen molar-refractivity contribution in [3.63, 3.8) is 0 Å². The van der Waals surface area contributed by atoms with E-state index in [-0.39, 0.29) is 12.2 Å². The van der Waals surface area contributed by atoms with Gasteiger partial charge in [0.15, 0.2) is 4.90 Å². The zero-order chi connectivity index (χ0) is 17.3. The number of aromatic nitrogens is 1. The van der Waals surface area contributed by atoms with Gasteiger partial charge in [-0.25, -0.2) is 31.3 Å². The van der Waals surface area contributed by atoms with Gasteiger partial charge in [-0.05, 0) is 11.4 Å². The predicted octanol–water partition coefficient (Wildman–Crippen LogP) is 3.30. The molecular weight excluding hydrogens is 365 g/mol. The number of sulfonamides is 1. The quantitative estimate of drug-likeness (QED) is 0.744. The molecule has 126 valence electrons. The van der Waals surface area contributed by atoms with Crippen molar-refractivity contribution in [3.05, 3.63) is 59.1 Å². The first-order chi connectivity index (χ1) is 11.4. The van der Waals surface area contributed by atoms with Crippen LogP contribution in [0.25, 0.3) is 10.8 Å². The molecule has 0 spiro atoms. The fourth-order valence-corrected chi connectivity index (χ4v) is 3.70. The molecule has 0 aliphatic carbocycles. The molecule has 0 amide bonds. The largest absolute Gasteiger partial charge is 0.444 e. The Morgan fingerprint density at radius 2 is 1.92 bits per heavy atom. The van der Waals surface area contributed by atoms with Crippen molar-refractivity contribution in [3.8, 4) is 10.8 Å². The summed E-state index contributed by atoms with van der Waals surface area (Å²) in [6.07, 6.45) is 1.23. The van der Waals surface area contributed by atoms with Gasteiger partial charge in [0.2, 0.25) is 15.9 Å². The van der Waals surface area contributed by atoms with Crippen molar-refractivity contribution < 1.29 is 26.0 Å². The molecule has 5 nitrogen and oxygen atoms in total. The zero-order valence-electron chi connectivity index (χ0n) is 11.8. The summed E-state index contributed by atoms with van der Waals surface area (Å²) < 4.78 is 71.3. The highest BCUT2D eigenvalue weighted by molar-refractivity contribution is 7.89. The third-order valence-electron chi connectivity index (χ3n) is 2.96. The minimum atomic E-state index is -4.53. The summed E-state index contributed by atoms with van der Waals surface area (Å²) in [5, 5.41) is 1.82. The van der Waals surface area contributed by atoms with E-state index in [0.717, 1.165) is 4.88 Å². The number of halogens is 3. The molecule has 0 atom stereocenters. The number of hydrogen-bond donors (Lipinski definition) is 1. The molecule has 0 saturated carbocycles. The lowest BCUT2D eigenvalue weighted by Gasteiger charge is -2.07. The van der Waals surface area contributed by atoms with Crippen molar-refractivity contribution in [1.82, 2.24) is 9.71 Å². The highest BCUT2D eigenvalue weighted by atomic mass is 32.2. The van der Waals surface area contributed by atoms with Gasteiger partial charge in [0, 0.05) is 12.1 Å². The number of thiophene rings is 1. The molecule has 2 heterocycles. The Balaban J connectivity index is 1.79. The van der Waals surface area contributed by atoms with Crippen LogP contribution in [0.5, 0.6) is 0 Å². The van der Waals surface area contributed by atoms with Gasteiger partial charge < -0.3 is 4.42 Å². The number of rotatable bonds is 5. The van der Waals surface area contributed by atoms with Crippen molar-refractivity contribution >= 4 is 21.4 Å². The minimum absolute atomic E-state index is 0.227. The first-order valence-corrected chi connectivity index (χ1v) is 8.85. The van der Waals surface area contributed by atoms with Crippen LogP contribution in [-0.2, 0) is 16.6 Å². The Kier molecular flexibility index (Phi) is 4.43. The average Bonchev–Trinajstić information content (AvgIpc) is 3.15. The van der Waals surface area contributed by atoms with E-state index in [0.29, 0.717) is 18.0 Å². The topological polar surface area (TPSA) is 72.2 Å². The lowest BCUT2D eigenvalue weighted by molar-refractivity contribution is 0.493. The van der Waals surface area contributed by atoms with Crippen molar-refractivity contribution in [2.75, 3.05) is 0 Å². The second-order valence-corrected chi connectivity index (χ2v) is 7.30. The molecule has 10 heteroatoms. The van der Waals surface area contributed by atoms with E-state index in [4.69, 9.17) is 4.42 Å². The Morgan fingerprint density at radius 3 is 2.54 bits per heavy atom. The molecule has 1 aromatic carbocycles. The number of nitrogens with one attached hydrogen (secondary N) is 1. The SMILES string of the molecule is O=S(=O)(NCc1coc(-c2cccs2)n1)c1c(F)cc(F)cc1F. The van der Waals surface area contributed by atoms with E-state index in [2.05, 4.69) is 4.98 Å². The maximum Gasteiger partial charge on any atom is 0.246 e. The van der Waals surface area contributed by atoms with E-state index in [1.807, 2.05) is 10.1 Å². The van der Waals surface area contributed by atoms with Gasteiger partial charge in [0.1, 0.15) is 23.7 Å². The van der Waals surface area contributed by atoms with Crippen molar-refractivity contribution in [1.29, 1.82) is 0 Å². The summed E-state index contributed by atoms with van der Waals surface area (Å²) >= 11 is 1.39. The maximum absolute atomic E-state index is 13.6. The first kappa shape index (κ1) is 16.7. The normalized spacial score (nSPS) is 11.8. The lowest BCUT2D eigenvalue weighted by Crippen LogP contribution is -2.25. The van der Waals surface area contributed by atoms with Crippen LogP contribution in [0.2, 0.25) is 0 Å². The van der Waals surface area contributed by atoms with Gasteiger partial charge in [0.05, 0.1) is 17.1 Å². The highest BCUT2D eigenvalue weighted by Crippen LogP contribution is 2.24. The molecule has 0 bridgehead atoms. The predicted molar refractivity (Wildman–Crippen MR) is 80.2 cm³/mol. The Labute approximate surface area is 138 Å². The fourth-order valence-electron chi connectivity index (χ4n) is 1.93. The summed E-state index contributed by atoms with van der Waals surface area (Å²) in [7, 11) is -4.53. The molecule has 1 N–H and O–H groups in total. The second kappa shape index (κ2) is 6.38. The molecular formula is C14H9F3N2O3S2. The Bertz CT molecular complexity index is 946. The van der Waals surface area contributed by atoms with Gasteiger partial charge in [0.25, 0.3) is 0 Å². The number of benzene rings is 1. The second-order valence-electron chi connectivity index (χ2n) is 4.64. The monoisotopic (exact) mass is 374 g/mol. The summed E-state index contributed by atoms with van der Waals surface area (Å²) in [4.78, 5) is 3.58. The molecule has 3 rings (SSSR count). The Morgan fingerprint density at radius 1 is 1.21 bits per heavy atom. The summed E-state index contributed by atoms with van der Waals surface area (Å²) in [5.41, 5.74) is 0.227. The molecule has 0 fully saturated rings. The third kappa shape index (κ3) is 3.35. The molecule has 0 saturated heterocycles. The molecule has 0 aliphatic rings. The first-order valence-electron chi connectivity index (χ1n) is 6.49. The molecule has 24 heavy (non-hydrogen) atoms. The average molecular weight is 374 g/mol. The standard InChI is InChI=1S/C14H9F3N2O3S2/c15-8-4-10(16)13(11(17)5-8)24(20,21)18-6-9-7-22-14(19-9)12-2-1-3-23-12/h1-5,7,18H,6H2. The summed E-state index contributed by atoms with van der Waals surface area (Å²) in [5.74, 6) is -3.93. The lowest BCUT2D eigenvalue weighted by atomic mass is 10.3. The van der Waals surface area contributed by atoms with Crippen LogP contribution in [0, 0.1) is 17.5 Å². The van der Waals surface area contributed by atoms with Crippen molar-refractivity contribution in [2.45, 2.75) is 11.4 Å². The van der Waals surface area contributed by atoms with Gasteiger partial charge >= 0.3 is 0 Å². The van der Waals surface area contributed by atoms with Crippen LogP contribution in [0.15, 0.2) is 45.2 Å². The third-order valence-corrected chi connectivity index (χ3v) is 5.27. The van der Waals surface area contributed by atoms with Crippen LogP contribution < -0.4 is 4.72 Å². The van der Waals surface area contributed by atoms with Crippen LogP contribution in [0.4, 0.5) is 13.2 Å². The molecule has 3 aromatic rings. The molecule has 0 radical (unpaired) electrons. The van der Waals surface area contributed by atoms with E-state index < -0.39 is 32.4 Å². The summed E-state index contributed by atoms with van der Waals surface area (Å²) in [6, 6.07) is 4.16. The Hall–Kier alpha value is -2.17. The van der Waals surface area contributed by atoms with Gasteiger partial charge in [-0.15, -0.1) is 11.3 Å². The van der Waals surface area contributed by atoms with E-state index in [1.165, 1.54) is 17.6 Å². The maximum atomic E-state index is 13.6. The van der Waals surface area contributed by atoms with Gasteiger partial charge in [-0.3, -0.25) is 0 Å². The van der Waals surface area contributed by atoms with E-state index in [1.54, 1.807) is 12.1 Å². The van der Waals surface area contributed by atoms with Crippen molar-refractivity contribution in [2.24, 2.45) is 0 Å². The fraction of sp³-hybridized carbons (Fsp3) is 0.0714. The van der Waals surface area contributed by atoms with E-state index >= 15 is 0 Å². The van der Waals surface area contributed by atoms with Gasteiger partial charge in [-0.1, -0.05) is 6.07 Å². The van der Waals surface area contributed by atoms with Crippen LogP contribution in [0.1, 0.15) is 5.69 Å². The van der Waals surface area contributed by atoms with E-state index in [9.17, 15) is 21.6 Å². The number of oxazole rings is 1. The summed E-state index contributed by atoms with van der Waals surface area (Å²) in [6.45, 7) is -0.340. The minimum Gasteiger partial charge on any atom is -0.444 e. The smallest absolute Gasteiger partial charge is 0.246 e. The van der Waals surface area contributed by atoms with Gasteiger partial charge in [-0.2, -0.15) is 0 Å². The molecule has 0 aliphatic heterocycles. The highest BCUT2D eigenvalue weighted by Gasteiger charge is 2.25. The molecule has 0 unspecified atom stereocenters.